The van der Waals surface area contributed by atoms with Gasteiger partial charge in [0.2, 0.25) is 0 Å². The van der Waals surface area contributed by atoms with E-state index in [0.717, 1.165) is 16.7 Å². The maximum absolute atomic E-state index is 12.4. The summed E-state index contributed by atoms with van der Waals surface area (Å²) in [6.45, 7) is 5.50. The number of methoxy groups -OCH3 is 1. The second kappa shape index (κ2) is 9.12. The van der Waals surface area contributed by atoms with E-state index < -0.39 is 5.60 Å². The van der Waals surface area contributed by atoms with Crippen LogP contribution in [0, 0.1) is 0 Å². The highest BCUT2D eigenvalue weighted by Crippen LogP contribution is 2.31. The maximum Gasteiger partial charge on any atom is 0.306 e. The summed E-state index contributed by atoms with van der Waals surface area (Å²) in [5.41, 5.74) is 2.58. The summed E-state index contributed by atoms with van der Waals surface area (Å²) in [5, 5.41) is 2.38. The van der Waals surface area contributed by atoms with Gasteiger partial charge in [-0.1, -0.05) is 66.7 Å². The second-order valence-corrected chi connectivity index (χ2v) is 8.42. The number of rotatable bonds is 6. The molecule has 0 N–H and O–H groups in total. The molecule has 0 fully saturated rings. The fourth-order valence-electron chi connectivity index (χ4n) is 3.59. The molecule has 30 heavy (non-hydrogen) atoms. The third-order valence-corrected chi connectivity index (χ3v) is 4.96. The van der Waals surface area contributed by atoms with E-state index in [2.05, 4.69) is 24.3 Å². The molecular formula is C26H28O4. The summed E-state index contributed by atoms with van der Waals surface area (Å²) >= 11 is 0. The van der Waals surface area contributed by atoms with E-state index in [0.29, 0.717) is 0 Å². The quantitative estimate of drug-likeness (QED) is 0.481. The van der Waals surface area contributed by atoms with Crippen LogP contribution < -0.4 is 0 Å². The van der Waals surface area contributed by atoms with Crippen molar-refractivity contribution in [2.45, 2.75) is 45.1 Å². The summed E-state index contributed by atoms with van der Waals surface area (Å²) < 4.78 is 10.3. The minimum atomic E-state index is -0.564. The molecule has 1 atom stereocenters. The molecule has 0 heterocycles. The van der Waals surface area contributed by atoms with Crippen LogP contribution in [0.3, 0.4) is 0 Å². The van der Waals surface area contributed by atoms with Crippen molar-refractivity contribution in [3.8, 4) is 11.1 Å². The maximum atomic E-state index is 12.4. The van der Waals surface area contributed by atoms with Crippen LogP contribution >= 0.6 is 0 Å². The van der Waals surface area contributed by atoms with Gasteiger partial charge in [0.1, 0.15) is 5.60 Å². The molecule has 0 aliphatic carbocycles. The number of hydrogen-bond donors (Lipinski definition) is 0. The number of esters is 2. The van der Waals surface area contributed by atoms with Crippen molar-refractivity contribution in [2.24, 2.45) is 0 Å². The van der Waals surface area contributed by atoms with Gasteiger partial charge >= 0.3 is 11.9 Å². The Labute approximate surface area is 177 Å². The normalized spacial score (nSPS) is 12.4. The Morgan fingerprint density at radius 3 is 2.13 bits per heavy atom. The van der Waals surface area contributed by atoms with E-state index in [1.165, 1.54) is 17.9 Å². The zero-order chi connectivity index (χ0) is 21.7. The van der Waals surface area contributed by atoms with Gasteiger partial charge in [-0.2, -0.15) is 0 Å². The predicted octanol–water partition coefficient (Wildman–Crippen LogP) is 5.89. The second-order valence-electron chi connectivity index (χ2n) is 8.42. The first kappa shape index (κ1) is 21.6. The Morgan fingerprint density at radius 1 is 0.833 bits per heavy atom. The van der Waals surface area contributed by atoms with E-state index in [-0.39, 0.29) is 30.7 Å². The van der Waals surface area contributed by atoms with Crippen molar-refractivity contribution in [3.63, 3.8) is 0 Å². The van der Waals surface area contributed by atoms with Crippen LogP contribution in [0.25, 0.3) is 21.9 Å². The van der Waals surface area contributed by atoms with Crippen LogP contribution in [0.15, 0.2) is 66.7 Å². The number of carbonyl (C=O) groups is 2. The number of fused-ring (bicyclic) bond motifs is 1. The summed E-state index contributed by atoms with van der Waals surface area (Å²) in [6.07, 6.45) is 0.253. The molecule has 0 saturated heterocycles. The van der Waals surface area contributed by atoms with E-state index >= 15 is 0 Å². The molecule has 0 unspecified atom stereocenters. The molecule has 156 valence electrons. The highest BCUT2D eigenvalue weighted by atomic mass is 16.6. The molecule has 4 nitrogen and oxygen atoms in total. The largest absolute Gasteiger partial charge is 0.469 e. The fraction of sp³-hybridized carbons (Fsp3) is 0.308. The highest BCUT2D eigenvalue weighted by Gasteiger charge is 2.24. The molecular weight excluding hydrogens is 376 g/mol. The average molecular weight is 405 g/mol. The summed E-state index contributed by atoms with van der Waals surface area (Å²) in [5.74, 6) is -0.968. The van der Waals surface area contributed by atoms with Crippen molar-refractivity contribution in [3.05, 3.63) is 72.3 Å². The summed E-state index contributed by atoms with van der Waals surface area (Å²) in [7, 11) is 1.36. The number of hydrogen-bond acceptors (Lipinski definition) is 4. The van der Waals surface area contributed by atoms with Gasteiger partial charge in [-0.15, -0.1) is 0 Å². The van der Waals surface area contributed by atoms with Gasteiger partial charge in [-0.25, -0.2) is 0 Å². The van der Waals surface area contributed by atoms with E-state index in [4.69, 9.17) is 9.47 Å². The van der Waals surface area contributed by atoms with Crippen LogP contribution in [0.4, 0.5) is 0 Å². The first-order valence-electron chi connectivity index (χ1n) is 10.1. The van der Waals surface area contributed by atoms with E-state index in [1.54, 1.807) is 0 Å². The zero-order valence-electron chi connectivity index (χ0n) is 18.0. The van der Waals surface area contributed by atoms with Gasteiger partial charge in [0.25, 0.3) is 0 Å². The summed E-state index contributed by atoms with van der Waals surface area (Å²) in [6, 6.07) is 22.6. The van der Waals surface area contributed by atoms with Crippen molar-refractivity contribution in [1.82, 2.24) is 0 Å². The van der Waals surface area contributed by atoms with Gasteiger partial charge in [0, 0.05) is 5.92 Å². The fourth-order valence-corrected chi connectivity index (χ4v) is 3.59. The van der Waals surface area contributed by atoms with Crippen LogP contribution in [0.5, 0.6) is 0 Å². The molecule has 0 spiro atoms. The third kappa shape index (κ3) is 5.47. The van der Waals surface area contributed by atoms with Crippen LogP contribution in [-0.2, 0) is 19.1 Å². The molecule has 3 aromatic rings. The lowest BCUT2D eigenvalue weighted by Gasteiger charge is -2.22. The average Bonchev–Trinajstić information content (AvgIpc) is 2.71. The third-order valence-electron chi connectivity index (χ3n) is 4.96. The molecule has 3 rings (SSSR count). The Kier molecular flexibility index (Phi) is 6.56. The predicted molar refractivity (Wildman–Crippen MR) is 119 cm³/mol. The molecule has 0 amide bonds. The van der Waals surface area contributed by atoms with Crippen LogP contribution in [0.2, 0.25) is 0 Å². The standard InChI is InChI=1S/C26H28O4/c1-26(2,3)30-25(28)17-21(16-24(27)29-4)18-12-14-20(15-13-18)23-11-7-9-19-8-5-6-10-22(19)23/h5-15,21H,16-17H2,1-4H3/t21-/m1/s1. The molecule has 0 aromatic heterocycles. The lowest BCUT2D eigenvalue weighted by Crippen LogP contribution is -2.25. The Bertz CT molecular complexity index is 1020. The molecule has 0 saturated carbocycles. The minimum absolute atomic E-state index is 0.125. The SMILES string of the molecule is COC(=O)C[C@H](CC(=O)OC(C)(C)C)c1ccc(-c2cccc3ccccc23)cc1. The molecule has 0 aliphatic heterocycles. The molecule has 4 heteroatoms. The number of benzene rings is 3. The summed E-state index contributed by atoms with van der Waals surface area (Å²) in [4.78, 5) is 24.3. The van der Waals surface area contributed by atoms with E-state index in [9.17, 15) is 9.59 Å². The first-order chi connectivity index (χ1) is 14.3. The minimum Gasteiger partial charge on any atom is -0.469 e. The topological polar surface area (TPSA) is 52.6 Å². The van der Waals surface area contributed by atoms with Crippen molar-refractivity contribution in [2.75, 3.05) is 7.11 Å². The monoisotopic (exact) mass is 404 g/mol. The Morgan fingerprint density at radius 2 is 1.47 bits per heavy atom. The van der Waals surface area contributed by atoms with Gasteiger partial charge in [0.15, 0.2) is 0 Å². The number of ether oxygens (including phenoxy) is 2. The van der Waals surface area contributed by atoms with Crippen LogP contribution in [0.1, 0.15) is 45.1 Å². The van der Waals surface area contributed by atoms with Gasteiger partial charge in [-0.05, 0) is 48.2 Å². The van der Waals surface area contributed by atoms with E-state index in [1.807, 2.05) is 63.2 Å². The first-order valence-corrected chi connectivity index (χ1v) is 10.1. The Hall–Kier alpha value is -3.14. The molecule has 0 bridgehead atoms. The van der Waals surface area contributed by atoms with Crippen molar-refractivity contribution >= 4 is 22.7 Å². The smallest absolute Gasteiger partial charge is 0.306 e. The van der Waals surface area contributed by atoms with Crippen molar-refractivity contribution < 1.29 is 19.1 Å². The zero-order valence-corrected chi connectivity index (χ0v) is 18.0. The van der Waals surface area contributed by atoms with Gasteiger partial charge in [-0.3, -0.25) is 9.59 Å². The molecule has 0 radical (unpaired) electrons. The van der Waals surface area contributed by atoms with Crippen molar-refractivity contribution in [1.29, 1.82) is 0 Å². The molecule has 0 aliphatic rings. The molecule has 3 aromatic carbocycles. The van der Waals surface area contributed by atoms with Gasteiger partial charge < -0.3 is 9.47 Å². The number of carbonyl (C=O) groups excluding carboxylic acids is 2. The highest BCUT2D eigenvalue weighted by molar-refractivity contribution is 5.96. The van der Waals surface area contributed by atoms with Crippen LogP contribution in [-0.4, -0.2) is 24.6 Å². The Balaban J connectivity index is 1.87. The van der Waals surface area contributed by atoms with Gasteiger partial charge in [0.05, 0.1) is 20.0 Å². The lowest BCUT2D eigenvalue weighted by molar-refractivity contribution is -0.155. The lowest BCUT2D eigenvalue weighted by atomic mass is 9.90.